The first-order valence-electron chi connectivity index (χ1n) is 4.55. The van der Waals surface area contributed by atoms with Crippen LogP contribution in [-0.4, -0.2) is 37.6 Å². The molecule has 0 radical (unpaired) electrons. The van der Waals surface area contributed by atoms with Crippen LogP contribution in [0.15, 0.2) is 20.1 Å². The van der Waals surface area contributed by atoms with Gasteiger partial charge < -0.3 is 11.5 Å². The van der Waals surface area contributed by atoms with Crippen molar-refractivity contribution in [2.24, 2.45) is 11.5 Å². The van der Waals surface area contributed by atoms with Crippen LogP contribution < -0.4 is 11.5 Å². The van der Waals surface area contributed by atoms with E-state index >= 15 is 0 Å². The molecule has 7 nitrogen and oxygen atoms in total. The minimum absolute atomic E-state index is 0.00926. The Kier molecular flexibility index (Phi) is 4.85. The number of carbonyl (C=O) groups is 2. The van der Waals surface area contributed by atoms with Crippen LogP contribution in [0.4, 0.5) is 0 Å². The Bertz CT molecular complexity index is 553. The molecule has 0 atom stereocenters. The number of amides is 2. The van der Waals surface area contributed by atoms with Gasteiger partial charge in [-0.3, -0.25) is 9.59 Å². The summed E-state index contributed by atoms with van der Waals surface area (Å²) in [5, 5.41) is 1.56. The van der Waals surface area contributed by atoms with E-state index in [-0.39, 0.29) is 4.21 Å². The van der Waals surface area contributed by atoms with E-state index in [0.717, 1.165) is 11.3 Å². The minimum atomic E-state index is -3.98. The Morgan fingerprint density at radius 1 is 1.28 bits per heavy atom. The maximum Gasteiger partial charge on any atom is 0.254 e. The highest BCUT2D eigenvalue weighted by molar-refractivity contribution is 9.10. The average Bonchev–Trinajstić information content (AvgIpc) is 2.62. The van der Waals surface area contributed by atoms with Crippen molar-refractivity contribution in [2.45, 2.75) is 4.21 Å². The van der Waals surface area contributed by atoms with Crippen LogP contribution in [0.2, 0.25) is 0 Å². The Morgan fingerprint density at radius 3 is 2.11 bits per heavy atom. The molecule has 0 aliphatic heterocycles. The van der Waals surface area contributed by atoms with Crippen LogP contribution in [-0.2, 0) is 19.6 Å². The number of carbonyl (C=O) groups excluding carboxylic acids is 2. The Hall–Kier alpha value is -0.970. The monoisotopic (exact) mass is 355 g/mol. The summed E-state index contributed by atoms with van der Waals surface area (Å²) in [7, 11) is -3.98. The van der Waals surface area contributed by atoms with Gasteiger partial charge in [0.1, 0.15) is 4.21 Å². The molecule has 1 heterocycles. The van der Waals surface area contributed by atoms with E-state index in [0.29, 0.717) is 8.78 Å². The van der Waals surface area contributed by atoms with E-state index in [1.807, 2.05) is 0 Å². The molecule has 0 aromatic carbocycles. The van der Waals surface area contributed by atoms with Gasteiger partial charge in [-0.05, 0) is 27.4 Å². The normalized spacial score (nSPS) is 11.7. The summed E-state index contributed by atoms with van der Waals surface area (Å²) in [4.78, 5) is 21.7. The Labute approximate surface area is 116 Å². The molecule has 100 valence electrons. The van der Waals surface area contributed by atoms with Gasteiger partial charge >= 0.3 is 0 Å². The minimum Gasteiger partial charge on any atom is -0.369 e. The van der Waals surface area contributed by atoms with Crippen molar-refractivity contribution >= 4 is 49.1 Å². The molecule has 0 saturated heterocycles. The summed E-state index contributed by atoms with van der Waals surface area (Å²) < 4.78 is 25.3. The van der Waals surface area contributed by atoms with Gasteiger partial charge in [0, 0.05) is 4.47 Å². The fraction of sp³-hybridized carbons (Fsp3) is 0.250. The molecule has 2 amide bonds. The van der Waals surface area contributed by atoms with E-state index in [1.165, 1.54) is 0 Å². The van der Waals surface area contributed by atoms with Crippen molar-refractivity contribution in [3.63, 3.8) is 0 Å². The van der Waals surface area contributed by atoms with Crippen molar-refractivity contribution in [1.29, 1.82) is 0 Å². The third kappa shape index (κ3) is 3.51. The lowest BCUT2D eigenvalue weighted by atomic mass is 10.5. The van der Waals surface area contributed by atoms with Crippen LogP contribution in [0.5, 0.6) is 0 Å². The molecule has 0 fully saturated rings. The van der Waals surface area contributed by atoms with Gasteiger partial charge in [0.05, 0.1) is 13.1 Å². The predicted octanol–water partition coefficient (Wildman–Crippen LogP) is -0.528. The molecule has 18 heavy (non-hydrogen) atoms. The molecular formula is C8H10BrN3O4S2. The first-order valence-corrected chi connectivity index (χ1v) is 7.66. The van der Waals surface area contributed by atoms with E-state index in [9.17, 15) is 18.0 Å². The Balaban J connectivity index is 3.15. The molecule has 0 unspecified atom stereocenters. The highest BCUT2D eigenvalue weighted by Gasteiger charge is 2.30. The largest absolute Gasteiger partial charge is 0.369 e. The first kappa shape index (κ1) is 15.1. The fourth-order valence-electron chi connectivity index (χ4n) is 1.15. The molecule has 0 aliphatic carbocycles. The van der Waals surface area contributed by atoms with Crippen LogP contribution in [0.1, 0.15) is 0 Å². The molecule has 0 saturated carbocycles. The number of thiophene rings is 1. The van der Waals surface area contributed by atoms with Crippen molar-refractivity contribution < 1.29 is 18.0 Å². The van der Waals surface area contributed by atoms with Crippen molar-refractivity contribution in [2.75, 3.05) is 13.1 Å². The quantitative estimate of drug-likeness (QED) is 0.711. The summed E-state index contributed by atoms with van der Waals surface area (Å²) in [5.74, 6) is -1.74. The van der Waals surface area contributed by atoms with Crippen LogP contribution in [0, 0.1) is 0 Å². The number of rotatable bonds is 6. The van der Waals surface area contributed by atoms with Crippen molar-refractivity contribution in [1.82, 2.24) is 4.31 Å². The number of nitrogens with zero attached hydrogens (tertiary/aromatic N) is 1. The molecule has 0 aliphatic rings. The van der Waals surface area contributed by atoms with Crippen LogP contribution in [0.25, 0.3) is 0 Å². The number of sulfonamides is 1. The molecular weight excluding hydrogens is 346 g/mol. The highest BCUT2D eigenvalue weighted by Crippen LogP contribution is 2.30. The lowest BCUT2D eigenvalue weighted by molar-refractivity contribution is -0.120. The van der Waals surface area contributed by atoms with Gasteiger partial charge in [-0.15, -0.1) is 11.3 Å². The maximum absolute atomic E-state index is 12.2. The van der Waals surface area contributed by atoms with Crippen LogP contribution >= 0.6 is 27.3 Å². The van der Waals surface area contributed by atoms with Gasteiger partial charge in [0.25, 0.3) is 10.0 Å². The fourth-order valence-corrected chi connectivity index (χ4v) is 4.98. The zero-order chi connectivity index (χ0) is 13.9. The molecule has 1 aromatic rings. The number of hydrogen-bond donors (Lipinski definition) is 2. The topological polar surface area (TPSA) is 124 Å². The third-order valence-corrected chi connectivity index (χ3v) is 6.26. The summed E-state index contributed by atoms with van der Waals surface area (Å²) in [6.45, 7) is -1.20. The zero-order valence-electron chi connectivity index (χ0n) is 9.00. The third-order valence-electron chi connectivity index (χ3n) is 1.82. The standard InChI is InChI=1S/C8H10BrN3O4S2/c9-5-1-2-17-8(5)18(15,16)12(3-6(10)13)4-7(11)14/h1-2H,3-4H2,(H2,10,13)(H2,11,14). The van der Waals surface area contributed by atoms with E-state index in [4.69, 9.17) is 11.5 Å². The lowest BCUT2D eigenvalue weighted by Gasteiger charge is -2.18. The predicted molar refractivity (Wildman–Crippen MR) is 69.2 cm³/mol. The SMILES string of the molecule is NC(=O)CN(CC(N)=O)S(=O)(=O)c1sccc1Br. The van der Waals surface area contributed by atoms with E-state index < -0.39 is 34.9 Å². The number of nitrogens with two attached hydrogens (primary N) is 2. The molecule has 0 spiro atoms. The van der Waals surface area contributed by atoms with Gasteiger partial charge in [0.15, 0.2) is 0 Å². The van der Waals surface area contributed by atoms with Gasteiger partial charge in [-0.25, -0.2) is 8.42 Å². The number of primary amides is 2. The highest BCUT2D eigenvalue weighted by atomic mass is 79.9. The maximum atomic E-state index is 12.2. The number of hydrogen-bond acceptors (Lipinski definition) is 5. The van der Waals surface area contributed by atoms with E-state index in [2.05, 4.69) is 15.9 Å². The molecule has 1 aromatic heterocycles. The second kappa shape index (κ2) is 5.78. The second-order valence-corrected chi connectivity index (χ2v) is 7.17. The Morgan fingerprint density at radius 2 is 1.78 bits per heavy atom. The average molecular weight is 356 g/mol. The summed E-state index contributed by atoms with van der Waals surface area (Å²) in [6, 6.07) is 1.55. The van der Waals surface area contributed by atoms with Crippen LogP contribution in [0.3, 0.4) is 0 Å². The van der Waals surface area contributed by atoms with Crippen molar-refractivity contribution in [3.8, 4) is 0 Å². The summed E-state index contributed by atoms with van der Waals surface area (Å²) in [6.07, 6.45) is 0. The molecule has 1 rings (SSSR count). The van der Waals surface area contributed by atoms with E-state index in [1.54, 1.807) is 11.4 Å². The zero-order valence-corrected chi connectivity index (χ0v) is 12.2. The molecule has 10 heteroatoms. The number of halogens is 1. The molecule has 4 N–H and O–H groups in total. The van der Waals surface area contributed by atoms with Gasteiger partial charge in [0.2, 0.25) is 11.8 Å². The smallest absolute Gasteiger partial charge is 0.254 e. The molecule has 0 bridgehead atoms. The van der Waals surface area contributed by atoms with Gasteiger partial charge in [-0.2, -0.15) is 4.31 Å². The first-order chi connectivity index (χ1) is 8.25. The summed E-state index contributed by atoms with van der Waals surface area (Å²) >= 11 is 4.03. The van der Waals surface area contributed by atoms with Crippen molar-refractivity contribution in [3.05, 3.63) is 15.9 Å². The van der Waals surface area contributed by atoms with Gasteiger partial charge in [-0.1, -0.05) is 0 Å². The lowest BCUT2D eigenvalue weighted by Crippen LogP contribution is -2.43. The summed E-state index contributed by atoms with van der Waals surface area (Å²) in [5.41, 5.74) is 9.90. The second-order valence-electron chi connectivity index (χ2n) is 3.26.